The molecule has 21 heavy (non-hydrogen) atoms. The average molecular weight is 351 g/mol. The molecule has 4 nitrogen and oxygen atoms in total. The van der Waals surface area contributed by atoms with Gasteiger partial charge in [0.2, 0.25) is 11.8 Å². The zero-order valence-electron chi connectivity index (χ0n) is 12.1. The van der Waals surface area contributed by atoms with Crippen molar-refractivity contribution in [3.8, 4) is 0 Å². The second-order valence-electron chi connectivity index (χ2n) is 5.75. The van der Waals surface area contributed by atoms with Crippen molar-refractivity contribution in [1.29, 1.82) is 0 Å². The molecule has 1 aromatic carbocycles. The van der Waals surface area contributed by atoms with E-state index in [9.17, 15) is 9.59 Å². The Bertz CT molecular complexity index is 558. The minimum absolute atomic E-state index is 0.000972. The topological polar surface area (TPSA) is 40.6 Å². The molecule has 2 saturated heterocycles. The zero-order valence-corrected chi connectivity index (χ0v) is 13.7. The van der Waals surface area contributed by atoms with Gasteiger partial charge in [-0.1, -0.05) is 28.1 Å². The number of benzene rings is 1. The normalized spacial score (nSPS) is 24.0. The van der Waals surface area contributed by atoms with E-state index in [1.54, 1.807) is 4.90 Å². The molecule has 2 fully saturated rings. The van der Waals surface area contributed by atoms with Gasteiger partial charge in [0.1, 0.15) is 6.04 Å². The van der Waals surface area contributed by atoms with Crippen molar-refractivity contribution in [1.82, 2.24) is 9.80 Å². The van der Waals surface area contributed by atoms with E-state index in [1.165, 1.54) is 0 Å². The molecule has 2 aliphatic rings. The smallest absolute Gasteiger partial charge is 0.245 e. The predicted octanol–water partition coefficient (Wildman–Crippen LogP) is 2.73. The lowest BCUT2D eigenvalue weighted by Gasteiger charge is -2.30. The Morgan fingerprint density at radius 3 is 2.62 bits per heavy atom. The summed E-state index contributed by atoms with van der Waals surface area (Å²) in [6, 6.07) is 7.79. The summed E-state index contributed by atoms with van der Waals surface area (Å²) in [7, 11) is 0. The second kappa shape index (κ2) is 5.79. The Hall–Kier alpha value is -1.36. The van der Waals surface area contributed by atoms with Crippen LogP contribution in [-0.2, 0) is 9.59 Å². The van der Waals surface area contributed by atoms with Crippen LogP contribution < -0.4 is 0 Å². The standard InChI is InChI=1S/C16H19BrN2O2/c1-11(12-4-6-13(17)7-5-12)18-10-8-15(20)19-9-2-3-14(19)16(18)21/h4-7,11,14H,2-3,8-10H2,1H3. The molecule has 0 spiro atoms. The van der Waals surface area contributed by atoms with Crippen LogP contribution >= 0.6 is 15.9 Å². The highest BCUT2D eigenvalue weighted by Crippen LogP contribution is 2.29. The highest BCUT2D eigenvalue weighted by atomic mass is 79.9. The first-order valence-corrected chi connectivity index (χ1v) is 8.22. The molecule has 0 N–H and O–H groups in total. The lowest BCUT2D eigenvalue weighted by atomic mass is 10.1. The number of fused-ring (bicyclic) bond motifs is 1. The quantitative estimate of drug-likeness (QED) is 0.822. The van der Waals surface area contributed by atoms with Gasteiger partial charge in [-0.05, 0) is 37.5 Å². The molecule has 2 atom stereocenters. The lowest BCUT2D eigenvalue weighted by Crippen LogP contribution is -2.44. The van der Waals surface area contributed by atoms with E-state index in [4.69, 9.17) is 0 Å². The number of rotatable bonds is 2. The van der Waals surface area contributed by atoms with Crippen LogP contribution in [0.15, 0.2) is 28.7 Å². The van der Waals surface area contributed by atoms with Gasteiger partial charge < -0.3 is 9.80 Å². The van der Waals surface area contributed by atoms with Gasteiger partial charge in [0.05, 0.1) is 6.04 Å². The Morgan fingerprint density at radius 1 is 1.19 bits per heavy atom. The summed E-state index contributed by atoms with van der Waals surface area (Å²) in [5.74, 6) is 0.227. The van der Waals surface area contributed by atoms with Crippen molar-refractivity contribution in [2.24, 2.45) is 0 Å². The van der Waals surface area contributed by atoms with Gasteiger partial charge in [0.25, 0.3) is 0 Å². The number of carbonyl (C=O) groups excluding carboxylic acids is 2. The number of hydrogen-bond donors (Lipinski definition) is 0. The van der Waals surface area contributed by atoms with Gasteiger partial charge >= 0.3 is 0 Å². The summed E-state index contributed by atoms with van der Waals surface area (Å²) in [4.78, 5) is 28.6. The molecular weight excluding hydrogens is 332 g/mol. The van der Waals surface area contributed by atoms with E-state index < -0.39 is 0 Å². The van der Waals surface area contributed by atoms with Crippen molar-refractivity contribution in [2.75, 3.05) is 13.1 Å². The fraction of sp³-hybridized carbons (Fsp3) is 0.500. The molecular formula is C16H19BrN2O2. The molecule has 5 heteroatoms. The molecule has 2 heterocycles. The molecule has 0 radical (unpaired) electrons. The first-order valence-electron chi connectivity index (χ1n) is 7.43. The largest absolute Gasteiger partial charge is 0.334 e. The van der Waals surface area contributed by atoms with Crippen molar-refractivity contribution >= 4 is 27.7 Å². The van der Waals surface area contributed by atoms with Crippen LogP contribution in [0.5, 0.6) is 0 Å². The van der Waals surface area contributed by atoms with Crippen molar-refractivity contribution in [3.63, 3.8) is 0 Å². The summed E-state index contributed by atoms with van der Waals surface area (Å²) in [5, 5.41) is 0. The van der Waals surface area contributed by atoms with E-state index in [1.807, 2.05) is 36.1 Å². The fourth-order valence-electron chi connectivity index (χ4n) is 3.29. The van der Waals surface area contributed by atoms with Crippen molar-refractivity contribution < 1.29 is 9.59 Å². The third-order valence-electron chi connectivity index (χ3n) is 4.53. The van der Waals surface area contributed by atoms with Crippen LogP contribution in [0.4, 0.5) is 0 Å². The number of amides is 2. The molecule has 2 unspecified atom stereocenters. The van der Waals surface area contributed by atoms with E-state index >= 15 is 0 Å². The lowest BCUT2D eigenvalue weighted by molar-refractivity contribution is -0.140. The molecule has 0 aromatic heterocycles. The first-order chi connectivity index (χ1) is 10.1. The fourth-order valence-corrected chi connectivity index (χ4v) is 3.55. The molecule has 3 rings (SSSR count). The number of nitrogens with zero attached hydrogens (tertiary/aromatic N) is 2. The highest BCUT2D eigenvalue weighted by Gasteiger charge is 2.40. The molecule has 0 bridgehead atoms. The average Bonchev–Trinajstić information content (AvgIpc) is 2.93. The van der Waals surface area contributed by atoms with Crippen LogP contribution in [0.2, 0.25) is 0 Å². The zero-order chi connectivity index (χ0) is 15.0. The maximum atomic E-state index is 12.8. The number of hydrogen-bond acceptors (Lipinski definition) is 2. The van der Waals surface area contributed by atoms with Crippen LogP contribution in [0.25, 0.3) is 0 Å². The summed E-state index contributed by atoms with van der Waals surface area (Å²) in [6.07, 6.45) is 2.17. The van der Waals surface area contributed by atoms with Gasteiger partial charge in [-0.25, -0.2) is 0 Å². The maximum Gasteiger partial charge on any atom is 0.245 e. The maximum absolute atomic E-state index is 12.8. The highest BCUT2D eigenvalue weighted by molar-refractivity contribution is 9.10. The van der Waals surface area contributed by atoms with Gasteiger partial charge in [-0.3, -0.25) is 9.59 Å². The van der Waals surface area contributed by atoms with Gasteiger partial charge in [0.15, 0.2) is 0 Å². The Labute approximate surface area is 133 Å². The van der Waals surface area contributed by atoms with Crippen LogP contribution in [0.3, 0.4) is 0 Å². The second-order valence-corrected chi connectivity index (χ2v) is 6.67. The molecule has 0 saturated carbocycles. The van der Waals surface area contributed by atoms with Gasteiger partial charge in [-0.15, -0.1) is 0 Å². The van der Waals surface area contributed by atoms with Crippen LogP contribution in [-0.4, -0.2) is 40.7 Å². The van der Waals surface area contributed by atoms with E-state index in [-0.39, 0.29) is 23.9 Å². The van der Waals surface area contributed by atoms with Crippen LogP contribution in [0, 0.1) is 0 Å². The first kappa shape index (κ1) is 14.6. The third kappa shape index (κ3) is 2.71. The SMILES string of the molecule is CC(c1ccc(Br)cc1)N1CCC(=O)N2CCCC2C1=O. The number of halogens is 1. The van der Waals surface area contributed by atoms with E-state index in [0.717, 1.165) is 29.4 Å². The summed E-state index contributed by atoms with van der Waals surface area (Å²) in [5.41, 5.74) is 1.10. The van der Waals surface area contributed by atoms with E-state index in [2.05, 4.69) is 15.9 Å². The predicted molar refractivity (Wildman–Crippen MR) is 83.6 cm³/mol. The molecule has 2 aliphatic heterocycles. The Kier molecular flexibility index (Phi) is 4.02. The number of carbonyl (C=O) groups is 2. The molecule has 112 valence electrons. The minimum atomic E-state index is -0.238. The molecule has 0 aliphatic carbocycles. The van der Waals surface area contributed by atoms with Gasteiger partial charge in [0, 0.05) is 24.0 Å². The summed E-state index contributed by atoms with van der Waals surface area (Å²) < 4.78 is 1.03. The Morgan fingerprint density at radius 2 is 1.90 bits per heavy atom. The third-order valence-corrected chi connectivity index (χ3v) is 5.06. The molecule has 2 amide bonds. The molecule has 1 aromatic rings. The van der Waals surface area contributed by atoms with E-state index in [0.29, 0.717) is 13.0 Å². The van der Waals surface area contributed by atoms with Crippen LogP contribution in [0.1, 0.15) is 37.8 Å². The minimum Gasteiger partial charge on any atom is -0.334 e. The Balaban J connectivity index is 1.85. The van der Waals surface area contributed by atoms with Crippen molar-refractivity contribution in [2.45, 2.75) is 38.3 Å². The summed E-state index contributed by atoms with van der Waals surface area (Å²) in [6.45, 7) is 3.29. The van der Waals surface area contributed by atoms with Gasteiger partial charge in [-0.2, -0.15) is 0 Å². The van der Waals surface area contributed by atoms with Crippen molar-refractivity contribution in [3.05, 3.63) is 34.3 Å². The monoisotopic (exact) mass is 350 g/mol. The summed E-state index contributed by atoms with van der Waals surface area (Å²) >= 11 is 3.43.